The summed E-state index contributed by atoms with van der Waals surface area (Å²) in [5.41, 5.74) is 0.813. The number of hydrogen-bond donors (Lipinski definition) is 3. The van der Waals surface area contributed by atoms with Crippen LogP contribution >= 0.6 is 11.8 Å². The molecule has 0 atom stereocenters. The van der Waals surface area contributed by atoms with Gasteiger partial charge in [0.05, 0.1) is 5.57 Å². The number of allylic oxidation sites excluding steroid dienone is 2. The number of aliphatic carboxylic acids is 2. The lowest BCUT2D eigenvalue weighted by Crippen LogP contribution is -2.24. The quantitative estimate of drug-likeness (QED) is 0.690. The molecule has 5 nitrogen and oxygen atoms in total. The van der Waals surface area contributed by atoms with Crippen molar-refractivity contribution in [2.24, 2.45) is 5.92 Å². The van der Waals surface area contributed by atoms with E-state index in [2.05, 4.69) is 5.32 Å². The van der Waals surface area contributed by atoms with E-state index < -0.39 is 11.9 Å². The van der Waals surface area contributed by atoms with Crippen molar-refractivity contribution < 1.29 is 19.8 Å². The third-order valence-corrected chi connectivity index (χ3v) is 3.93. The van der Waals surface area contributed by atoms with Gasteiger partial charge >= 0.3 is 11.9 Å². The molecule has 0 aromatic heterocycles. The van der Waals surface area contributed by atoms with E-state index in [9.17, 15) is 9.59 Å². The van der Waals surface area contributed by atoms with Gasteiger partial charge in [-0.25, -0.2) is 9.59 Å². The van der Waals surface area contributed by atoms with Crippen molar-refractivity contribution in [3.05, 3.63) is 35.2 Å². The van der Waals surface area contributed by atoms with Gasteiger partial charge in [0.25, 0.3) is 0 Å². The number of carbonyl (C=O) groups is 2. The maximum Gasteiger partial charge on any atom is 0.352 e. The second kappa shape index (κ2) is 4.67. The van der Waals surface area contributed by atoms with Crippen molar-refractivity contribution in [3.63, 3.8) is 0 Å². The molecule has 1 fully saturated rings. The maximum atomic E-state index is 11.1. The first-order valence-electron chi connectivity index (χ1n) is 5.03. The molecule has 0 aliphatic carbocycles. The number of nitrogens with one attached hydrogen (secondary N) is 1. The van der Waals surface area contributed by atoms with Gasteiger partial charge in [0, 0.05) is 23.6 Å². The van der Waals surface area contributed by atoms with Crippen molar-refractivity contribution in [2.45, 2.75) is 0 Å². The molecule has 0 saturated carbocycles. The van der Waals surface area contributed by atoms with E-state index in [1.165, 1.54) is 12.3 Å². The summed E-state index contributed by atoms with van der Waals surface area (Å²) in [6, 6.07) is 0. The number of thioether (sulfide) groups is 1. The summed E-state index contributed by atoms with van der Waals surface area (Å²) in [5, 5.41) is 20.4. The number of rotatable bonds is 3. The van der Waals surface area contributed by atoms with Crippen LogP contribution in [-0.2, 0) is 9.59 Å². The highest BCUT2D eigenvalue weighted by atomic mass is 32.2. The minimum absolute atomic E-state index is 0.0225. The van der Waals surface area contributed by atoms with E-state index in [-0.39, 0.29) is 17.2 Å². The predicted octanol–water partition coefficient (Wildman–Crippen LogP) is 0.816. The fourth-order valence-corrected chi connectivity index (χ4v) is 2.46. The molecule has 90 valence electrons. The lowest BCUT2D eigenvalue weighted by molar-refractivity contribution is -0.134. The minimum atomic E-state index is -1.11. The molecular formula is C11H11NO4S. The van der Waals surface area contributed by atoms with Crippen LogP contribution < -0.4 is 5.32 Å². The Hall–Kier alpha value is -1.69. The molecule has 0 aromatic rings. The molecular weight excluding hydrogens is 242 g/mol. The molecule has 0 unspecified atom stereocenters. The standard InChI is InChI=1S/C11H11NO4S/c13-10(14)8-3-12-9(11(15)16)2-1-7(8)6-4-17-5-6/h1-3,6,12H,4-5H2,(H,13,14)(H,15,16). The molecule has 2 aliphatic rings. The SMILES string of the molecule is O=C(O)C1=CC=C(C2CSC2)C(C(=O)O)=CN1. The van der Waals surface area contributed by atoms with Crippen LogP contribution in [0.25, 0.3) is 0 Å². The van der Waals surface area contributed by atoms with Gasteiger partial charge in [-0.1, -0.05) is 6.08 Å². The highest BCUT2D eigenvalue weighted by molar-refractivity contribution is 8.00. The Kier molecular flexibility index (Phi) is 3.23. The van der Waals surface area contributed by atoms with E-state index in [0.29, 0.717) is 5.57 Å². The van der Waals surface area contributed by atoms with Crippen LogP contribution in [0.2, 0.25) is 0 Å². The van der Waals surface area contributed by atoms with Gasteiger partial charge in [-0.2, -0.15) is 11.8 Å². The molecule has 0 spiro atoms. The molecule has 2 heterocycles. The third kappa shape index (κ3) is 2.36. The normalized spacial score (nSPS) is 20.1. The molecule has 0 bridgehead atoms. The van der Waals surface area contributed by atoms with Gasteiger partial charge in [0.1, 0.15) is 5.70 Å². The molecule has 17 heavy (non-hydrogen) atoms. The van der Waals surface area contributed by atoms with Crippen molar-refractivity contribution in [3.8, 4) is 0 Å². The summed E-state index contributed by atoms with van der Waals surface area (Å²) in [5.74, 6) is -0.181. The number of carboxylic acid groups (broad SMARTS) is 2. The van der Waals surface area contributed by atoms with E-state index in [4.69, 9.17) is 10.2 Å². The Labute approximate surface area is 102 Å². The van der Waals surface area contributed by atoms with Crippen LogP contribution in [-0.4, -0.2) is 33.7 Å². The van der Waals surface area contributed by atoms with Crippen molar-refractivity contribution in [2.75, 3.05) is 11.5 Å². The highest BCUT2D eigenvalue weighted by Gasteiger charge is 2.28. The molecule has 2 aliphatic heterocycles. The fraction of sp³-hybridized carbons (Fsp3) is 0.273. The van der Waals surface area contributed by atoms with Gasteiger partial charge in [-0.15, -0.1) is 0 Å². The Bertz CT molecular complexity index is 460. The van der Waals surface area contributed by atoms with Gasteiger partial charge in [0.2, 0.25) is 0 Å². The Morgan fingerprint density at radius 2 is 1.94 bits per heavy atom. The third-order valence-electron chi connectivity index (χ3n) is 2.65. The van der Waals surface area contributed by atoms with Crippen LogP contribution in [0.3, 0.4) is 0 Å². The van der Waals surface area contributed by atoms with Gasteiger partial charge in [-0.3, -0.25) is 0 Å². The first kappa shape index (κ1) is 11.8. The Balaban J connectivity index is 2.34. The van der Waals surface area contributed by atoms with E-state index in [0.717, 1.165) is 11.5 Å². The molecule has 6 heteroatoms. The molecule has 0 amide bonds. The zero-order chi connectivity index (χ0) is 12.4. The summed E-state index contributed by atoms with van der Waals surface area (Å²) < 4.78 is 0. The zero-order valence-corrected chi connectivity index (χ0v) is 9.66. The predicted molar refractivity (Wildman–Crippen MR) is 63.5 cm³/mol. The molecule has 2 rings (SSSR count). The number of carboxylic acids is 2. The zero-order valence-electron chi connectivity index (χ0n) is 8.84. The van der Waals surface area contributed by atoms with Crippen molar-refractivity contribution >= 4 is 23.7 Å². The smallest absolute Gasteiger partial charge is 0.352 e. The van der Waals surface area contributed by atoms with Crippen LogP contribution in [0.1, 0.15) is 0 Å². The van der Waals surface area contributed by atoms with Crippen molar-refractivity contribution in [1.82, 2.24) is 5.32 Å². The minimum Gasteiger partial charge on any atom is -0.478 e. The van der Waals surface area contributed by atoms with Crippen LogP contribution in [0.15, 0.2) is 35.2 Å². The molecule has 0 aromatic carbocycles. The van der Waals surface area contributed by atoms with E-state index in [1.807, 2.05) is 0 Å². The lowest BCUT2D eigenvalue weighted by atomic mass is 9.94. The summed E-state index contributed by atoms with van der Waals surface area (Å²) in [6.45, 7) is 0. The monoisotopic (exact) mass is 253 g/mol. The number of hydrogen-bond acceptors (Lipinski definition) is 4. The fourth-order valence-electron chi connectivity index (χ4n) is 1.63. The highest BCUT2D eigenvalue weighted by Crippen LogP contribution is 2.35. The molecule has 1 saturated heterocycles. The summed E-state index contributed by atoms with van der Waals surface area (Å²) in [7, 11) is 0. The summed E-state index contributed by atoms with van der Waals surface area (Å²) in [6.07, 6.45) is 4.25. The van der Waals surface area contributed by atoms with Crippen molar-refractivity contribution in [1.29, 1.82) is 0 Å². The second-order valence-corrected chi connectivity index (χ2v) is 4.82. The van der Waals surface area contributed by atoms with Crippen LogP contribution in [0.4, 0.5) is 0 Å². The van der Waals surface area contributed by atoms with Gasteiger partial charge in [-0.05, 0) is 11.6 Å². The average molecular weight is 253 g/mol. The van der Waals surface area contributed by atoms with Gasteiger partial charge in [0.15, 0.2) is 0 Å². The summed E-state index contributed by atoms with van der Waals surface area (Å²) >= 11 is 1.75. The Morgan fingerprint density at radius 3 is 2.41 bits per heavy atom. The lowest BCUT2D eigenvalue weighted by Gasteiger charge is -2.27. The molecule has 0 radical (unpaired) electrons. The average Bonchev–Trinajstić information content (AvgIpc) is 2.38. The molecule has 3 N–H and O–H groups in total. The van der Waals surface area contributed by atoms with Crippen LogP contribution in [0, 0.1) is 5.92 Å². The van der Waals surface area contributed by atoms with Gasteiger partial charge < -0.3 is 15.5 Å². The summed E-state index contributed by atoms with van der Waals surface area (Å²) in [4.78, 5) is 21.9. The second-order valence-electron chi connectivity index (χ2n) is 3.75. The van der Waals surface area contributed by atoms with Crippen LogP contribution in [0.5, 0.6) is 0 Å². The maximum absolute atomic E-state index is 11.1. The van der Waals surface area contributed by atoms with E-state index >= 15 is 0 Å². The first-order valence-corrected chi connectivity index (χ1v) is 6.18. The first-order chi connectivity index (χ1) is 8.09. The largest absolute Gasteiger partial charge is 0.478 e. The van der Waals surface area contributed by atoms with E-state index in [1.54, 1.807) is 17.8 Å². The Morgan fingerprint density at radius 1 is 1.24 bits per heavy atom. The topological polar surface area (TPSA) is 86.6 Å².